The SMILES string of the molecule is Clc1ccc([C@@H]2Oc3ccccc3[C@@H]3CC(c4ccc5c(c4)OCO5)=NN32)cc1Cl. The quantitative estimate of drug-likeness (QED) is 0.494. The molecule has 3 aliphatic rings. The largest absolute Gasteiger partial charge is 0.464 e. The molecule has 3 heterocycles. The molecule has 0 saturated heterocycles. The van der Waals surface area contributed by atoms with Gasteiger partial charge in [0.25, 0.3) is 0 Å². The summed E-state index contributed by atoms with van der Waals surface area (Å²) in [6.07, 6.45) is 0.365. The standard InChI is InChI=1S/C23H16Cl2N2O3/c24-16-7-5-14(9-17(16)25)23-27-19(15-3-1-2-4-20(15)30-23)11-18(26-27)13-6-8-21-22(10-13)29-12-28-21/h1-10,19,23H,11-12H2/t19-,23-/m0/s1. The van der Waals surface area contributed by atoms with Crippen LogP contribution in [0, 0.1) is 0 Å². The number of nitrogens with zero attached hydrogens (tertiary/aromatic N) is 2. The van der Waals surface area contributed by atoms with E-state index in [1.807, 2.05) is 53.5 Å². The van der Waals surface area contributed by atoms with Crippen LogP contribution in [0.1, 0.15) is 35.4 Å². The second-order valence-electron chi connectivity index (χ2n) is 7.40. The summed E-state index contributed by atoms with van der Waals surface area (Å²) in [5.74, 6) is 2.37. The van der Waals surface area contributed by atoms with Gasteiger partial charge in [-0.3, -0.25) is 0 Å². The van der Waals surface area contributed by atoms with Gasteiger partial charge in [0.2, 0.25) is 13.0 Å². The molecule has 5 nitrogen and oxygen atoms in total. The Labute approximate surface area is 183 Å². The minimum absolute atomic E-state index is 0.0647. The Morgan fingerprint density at radius 1 is 0.867 bits per heavy atom. The van der Waals surface area contributed by atoms with Gasteiger partial charge in [-0.15, -0.1) is 0 Å². The van der Waals surface area contributed by atoms with Gasteiger partial charge in [-0.25, -0.2) is 5.01 Å². The van der Waals surface area contributed by atoms with Gasteiger partial charge in [-0.1, -0.05) is 47.5 Å². The molecule has 150 valence electrons. The topological polar surface area (TPSA) is 43.3 Å². The van der Waals surface area contributed by atoms with Crippen molar-refractivity contribution in [3.05, 3.63) is 87.4 Å². The molecule has 0 aliphatic carbocycles. The fourth-order valence-electron chi connectivity index (χ4n) is 4.17. The third-order valence-corrected chi connectivity index (χ3v) is 6.37. The van der Waals surface area contributed by atoms with E-state index in [1.165, 1.54) is 0 Å². The van der Waals surface area contributed by atoms with Crippen molar-refractivity contribution in [3.8, 4) is 17.2 Å². The van der Waals surface area contributed by atoms with Crippen LogP contribution in [0.15, 0.2) is 65.8 Å². The van der Waals surface area contributed by atoms with E-state index >= 15 is 0 Å². The summed E-state index contributed by atoms with van der Waals surface area (Å²) < 4.78 is 17.3. The number of hydrogen-bond donors (Lipinski definition) is 0. The monoisotopic (exact) mass is 438 g/mol. The molecule has 0 spiro atoms. The third kappa shape index (κ3) is 2.81. The number of hydrogen-bond acceptors (Lipinski definition) is 5. The lowest BCUT2D eigenvalue weighted by atomic mass is 9.96. The highest BCUT2D eigenvalue weighted by molar-refractivity contribution is 6.42. The maximum atomic E-state index is 6.36. The van der Waals surface area contributed by atoms with Gasteiger partial charge in [0.05, 0.1) is 21.8 Å². The van der Waals surface area contributed by atoms with Crippen LogP contribution in [0.4, 0.5) is 0 Å². The van der Waals surface area contributed by atoms with Crippen LogP contribution in [0.5, 0.6) is 17.2 Å². The maximum Gasteiger partial charge on any atom is 0.231 e. The van der Waals surface area contributed by atoms with Gasteiger partial charge < -0.3 is 14.2 Å². The number of halogens is 2. The number of hydrazone groups is 1. The summed E-state index contributed by atoms with van der Waals surface area (Å²) in [7, 11) is 0. The summed E-state index contributed by atoms with van der Waals surface area (Å²) in [5, 5.41) is 7.99. The number of ether oxygens (including phenoxy) is 3. The summed E-state index contributed by atoms with van der Waals surface area (Å²) in [6, 6.07) is 19.7. The molecule has 3 aromatic rings. The molecule has 2 atom stereocenters. The Balaban J connectivity index is 1.43. The van der Waals surface area contributed by atoms with Gasteiger partial charge in [0, 0.05) is 23.1 Å². The average Bonchev–Trinajstić information content (AvgIpc) is 3.42. The van der Waals surface area contributed by atoms with Crippen LogP contribution in [0.2, 0.25) is 10.0 Å². The second-order valence-corrected chi connectivity index (χ2v) is 8.21. The van der Waals surface area contributed by atoms with Crippen molar-refractivity contribution < 1.29 is 14.2 Å². The molecule has 0 saturated carbocycles. The Morgan fingerprint density at radius 3 is 2.63 bits per heavy atom. The number of rotatable bonds is 2. The molecule has 3 aromatic carbocycles. The molecular formula is C23H16Cl2N2O3. The predicted octanol–water partition coefficient (Wildman–Crippen LogP) is 5.96. The van der Waals surface area contributed by atoms with Gasteiger partial charge in [-0.2, -0.15) is 5.10 Å². The van der Waals surface area contributed by atoms with Gasteiger partial charge >= 0.3 is 0 Å². The lowest BCUT2D eigenvalue weighted by Crippen LogP contribution is -2.33. The van der Waals surface area contributed by atoms with E-state index < -0.39 is 6.23 Å². The summed E-state index contributed by atoms with van der Waals surface area (Å²) in [4.78, 5) is 0. The molecule has 7 heteroatoms. The van der Waals surface area contributed by atoms with Crippen LogP contribution in [-0.2, 0) is 0 Å². The molecule has 0 radical (unpaired) electrons. The molecule has 0 aromatic heterocycles. The Bertz CT molecular complexity index is 1200. The fraction of sp³-hybridized carbons (Fsp3) is 0.174. The lowest BCUT2D eigenvalue weighted by molar-refractivity contribution is -0.0190. The van der Waals surface area contributed by atoms with Gasteiger partial charge in [0.1, 0.15) is 5.75 Å². The van der Waals surface area contributed by atoms with E-state index in [0.717, 1.165) is 46.1 Å². The van der Waals surface area contributed by atoms with Crippen LogP contribution in [0.3, 0.4) is 0 Å². The third-order valence-electron chi connectivity index (χ3n) is 5.63. The van der Waals surface area contributed by atoms with E-state index in [1.54, 1.807) is 6.07 Å². The van der Waals surface area contributed by atoms with Crippen molar-refractivity contribution in [1.29, 1.82) is 0 Å². The summed E-state index contributed by atoms with van der Waals surface area (Å²) >= 11 is 12.4. The molecular weight excluding hydrogens is 423 g/mol. The summed E-state index contributed by atoms with van der Waals surface area (Å²) in [5.41, 5.74) is 4.01. The zero-order valence-electron chi connectivity index (χ0n) is 15.7. The van der Waals surface area contributed by atoms with E-state index in [0.29, 0.717) is 10.0 Å². The van der Waals surface area contributed by atoms with Crippen LogP contribution in [0.25, 0.3) is 0 Å². The molecule has 0 bridgehead atoms. The first-order valence-electron chi connectivity index (χ1n) is 9.64. The lowest BCUT2D eigenvalue weighted by Gasteiger charge is -2.38. The van der Waals surface area contributed by atoms with Crippen LogP contribution >= 0.6 is 23.2 Å². The molecule has 30 heavy (non-hydrogen) atoms. The van der Waals surface area contributed by atoms with Crippen molar-refractivity contribution >= 4 is 28.9 Å². The first-order valence-corrected chi connectivity index (χ1v) is 10.4. The van der Waals surface area contributed by atoms with E-state index in [4.69, 9.17) is 42.5 Å². The number of benzene rings is 3. The maximum absolute atomic E-state index is 6.36. The van der Waals surface area contributed by atoms with Crippen molar-refractivity contribution in [2.75, 3.05) is 6.79 Å². The average molecular weight is 439 g/mol. The molecule has 0 N–H and O–H groups in total. The normalized spacial score (nSPS) is 21.0. The Hall–Kier alpha value is -2.89. The minimum atomic E-state index is -0.397. The molecule has 0 unspecified atom stereocenters. The van der Waals surface area contributed by atoms with Crippen molar-refractivity contribution in [1.82, 2.24) is 5.01 Å². The molecule has 0 fully saturated rings. The van der Waals surface area contributed by atoms with Crippen molar-refractivity contribution in [3.63, 3.8) is 0 Å². The minimum Gasteiger partial charge on any atom is -0.464 e. The van der Waals surface area contributed by atoms with Gasteiger partial charge in [-0.05, 0) is 36.4 Å². The number of fused-ring (bicyclic) bond motifs is 4. The van der Waals surface area contributed by atoms with E-state index in [-0.39, 0.29) is 12.8 Å². The van der Waals surface area contributed by atoms with E-state index in [9.17, 15) is 0 Å². The highest BCUT2D eigenvalue weighted by Gasteiger charge is 2.41. The molecule has 0 amide bonds. The Morgan fingerprint density at radius 2 is 1.73 bits per heavy atom. The van der Waals surface area contributed by atoms with E-state index in [2.05, 4.69) is 6.07 Å². The van der Waals surface area contributed by atoms with Gasteiger partial charge in [0.15, 0.2) is 11.5 Å². The number of para-hydroxylation sites is 1. The summed E-state index contributed by atoms with van der Waals surface area (Å²) in [6.45, 7) is 0.251. The zero-order chi connectivity index (χ0) is 20.2. The molecule has 6 rings (SSSR count). The second kappa shape index (κ2) is 6.83. The first kappa shape index (κ1) is 17.9. The highest BCUT2D eigenvalue weighted by Crippen LogP contribution is 2.48. The fourth-order valence-corrected chi connectivity index (χ4v) is 4.48. The first-order chi connectivity index (χ1) is 14.7. The van der Waals surface area contributed by atoms with Crippen molar-refractivity contribution in [2.45, 2.75) is 18.7 Å². The van der Waals surface area contributed by atoms with Crippen LogP contribution < -0.4 is 14.2 Å². The Kier molecular flexibility index (Phi) is 4.08. The highest BCUT2D eigenvalue weighted by atomic mass is 35.5. The van der Waals surface area contributed by atoms with Crippen LogP contribution in [-0.4, -0.2) is 17.5 Å². The predicted molar refractivity (Wildman–Crippen MR) is 115 cm³/mol. The molecule has 3 aliphatic heterocycles. The zero-order valence-corrected chi connectivity index (χ0v) is 17.2. The van der Waals surface area contributed by atoms with Crippen molar-refractivity contribution in [2.24, 2.45) is 5.10 Å². The smallest absolute Gasteiger partial charge is 0.231 e.